The molecule has 7 heteroatoms. The molecule has 18 heavy (non-hydrogen) atoms. The zero-order valence-corrected chi connectivity index (χ0v) is 11.3. The van der Waals surface area contributed by atoms with Gasteiger partial charge in [0.1, 0.15) is 0 Å². The van der Waals surface area contributed by atoms with Gasteiger partial charge >= 0.3 is 0 Å². The van der Waals surface area contributed by atoms with Gasteiger partial charge in [-0.2, -0.15) is 11.8 Å². The Hall–Kier alpha value is -1.34. The maximum Gasteiger partial charge on any atom is 0.271 e. The molecule has 0 aliphatic carbocycles. The minimum absolute atomic E-state index is 0.198. The lowest BCUT2D eigenvalue weighted by atomic mass is 10.2. The SMILES string of the molecule is CSCCCCCNC(=O)c1ccc(NN)nn1. The Labute approximate surface area is 111 Å². The molecule has 0 unspecified atom stereocenters. The number of anilines is 1. The maximum absolute atomic E-state index is 11.7. The van der Waals surface area contributed by atoms with E-state index in [1.807, 2.05) is 11.8 Å². The van der Waals surface area contributed by atoms with Crippen molar-refractivity contribution in [2.45, 2.75) is 19.3 Å². The maximum atomic E-state index is 11.7. The minimum Gasteiger partial charge on any atom is -0.351 e. The van der Waals surface area contributed by atoms with Crippen LogP contribution in [0.3, 0.4) is 0 Å². The first-order valence-corrected chi connectivity index (χ1v) is 7.25. The van der Waals surface area contributed by atoms with E-state index in [9.17, 15) is 4.79 Å². The van der Waals surface area contributed by atoms with Crippen molar-refractivity contribution in [3.63, 3.8) is 0 Å². The van der Waals surface area contributed by atoms with Gasteiger partial charge in [-0.3, -0.25) is 4.79 Å². The van der Waals surface area contributed by atoms with E-state index in [4.69, 9.17) is 5.84 Å². The predicted octanol–water partition coefficient (Wildman–Crippen LogP) is 1.03. The summed E-state index contributed by atoms with van der Waals surface area (Å²) in [6.07, 6.45) is 5.40. The molecule has 1 aromatic heterocycles. The number of thioether (sulfide) groups is 1. The van der Waals surface area contributed by atoms with Crippen LogP contribution in [0.4, 0.5) is 5.82 Å². The number of unbranched alkanes of at least 4 members (excludes halogenated alkanes) is 2. The summed E-state index contributed by atoms with van der Waals surface area (Å²) in [5.41, 5.74) is 2.66. The van der Waals surface area contributed by atoms with Gasteiger partial charge < -0.3 is 10.7 Å². The first-order valence-electron chi connectivity index (χ1n) is 5.85. The second-order valence-corrected chi connectivity index (χ2v) is 4.74. The third-order valence-corrected chi connectivity index (χ3v) is 3.05. The topological polar surface area (TPSA) is 92.9 Å². The first-order chi connectivity index (χ1) is 8.77. The van der Waals surface area contributed by atoms with Crippen LogP contribution in [0.5, 0.6) is 0 Å². The molecule has 0 saturated heterocycles. The number of hydrazine groups is 1. The van der Waals surface area contributed by atoms with E-state index in [2.05, 4.69) is 27.2 Å². The Morgan fingerprint density at radius 3 is 2.78 bits per heavy atom. The van der Waals surface area contributed by atoms with Crippen molar-refractivity contribution in [3.05, 3.63) is 17.8 Å². The third-order valence-electron chi connectivity index (χ3n) is 2.36. The van der Waals surface area contributed by atoms with Crippen LogP contribution in [0.25, 0.3) is 0 Å². The number of rotatable bonds is 8. The molecule has 0 radical (unpaired) electrons. The summed E-state index contributed by atoms with van der Waals surface area (Å²) in [5, 5.41) is 10.3. The molecule has 0 aliphatic heterocycles. The Balaban J connectivity index is 2.23. The molecule has 1 amide bonds. The number of aromatic nitrogens is 2. The molecule has 0 aromatic carbocycles. The van der Waals surface area contributed by atoms with Crippen LogP contribution in [0.2, 0.25) is 0 Å². The van der Waals surface area contributed by atoms with Crippen molar-refractivity contribution in [2.24, 2.45) is 5.84 Å². The fraction of sp³-hybridized carbons (Fsp3) is 0.545. The molecule has 4 N–H and O–H groups in total. The largest absolute Gasteiger partial charge is 0.351 e. The van der Waals surface area contributed by atoms with Crippen molar-refractivity contribution in [1.82, 2.24) is 15.5 Å². The van der Waals surface area contributed by atoms with Crippen LogP contribution >= 0.6 is 11.8 Å². The average Bonchev–Trinajstić information content (AvgIpc) is 2.42. The van der Waals surface area contributed by atoms with Crippen LogP contribution in [-0.4, -0.2) is 34.7 Å². The molecule has 0 bridgehead atoms. The number of hydrogen-bond donors (Lipinski definition) is 3. The fourth-order valence-electron chi connectivity index (χ4n) is 1.37. The van der Waals surface area contributed by atoms with Gasteiger partial charge in [0, 0.05) is 6.54 Å². The highest BCUT2D eigenvalue weighted by molar-refractivity contribution is 7.98. The van der Waals surface area contributed by atoms with Crippen molar-refractivity contribution in [1.29, 1.82) is 0 Å². The lowest BCUT2D eigenvalue weighted by molar-refractivity contribution is 0.0947. The molecule has 0 aliphatic rings. The molecule has 0 saturated carbocycles. The number of carbonyl (C=O) groups excluding carboxylic acids is 1. The monoisotopic (exact) mass is 269 g/mol. The van der Waals surface area contributed by atoms with Crippen LogP contribution in [-0.2, 0) is 0 Å². The van der Waals surface area contributed by atoms with Crippen molar-refractivity contribution >= 4 is 23.5 Å². The average molecular weight is 269 g/mol. The number of hydrogen-bond acceptors (Lipinski definition) is 6. The van der Waals surface area contributed by atoms with Crippen LogP contribution < -0.4 is 16.6 Å². The Morgan fingerprint density at radius 1 is 1.33 bits per heavy atom. The highest BCUT2D eigenvalue weighted by Gasteiger charge is 2.06. The van der Waals surface area contributed by atoms with Gasteiger partial charge in [0.2, 0.25) is 0 Å². The number of carbonyl (C=O) groups is 1. The van der Waals surface area contributed by atoms with E-state index in [1.165, 1.54) is 12.2 Å². The van der Waals surface area contributed by atoms with E-state index in [-0.39, 0.29) is 5.91 Å². The summed E-state index contributed by atoms with van der Waals surface area (Å²) in [6, 6.07) is 3.20. The highest BCUT2D eigenvalue weighted by atomic mass is 32.2. The van der Waals surface area contributed by atoms with Crippen molar-refractivity contribution < 1.29 is 4.79 Å². The van der Waals surface area contributed by atoms with E-state index < -0.39 is 0 Å². The zero-order chi connectivity index (χ0) is 13.2. The minimum atomic E-state index is -0.198. The molecule has 100 valence electrons. The normalized spacial score (nSPS) is 10.1. The van der Waals surface area contributed by atoms with Gasteiger partial charge in [0.15, 0.2) is 11.5 Å². The Morgan fingerprint density at radius 2 is 2.17 bits per heavy atom. The lowest BCUT2D eigenvalue weighted by Gasteiger charge is -2.04. The molecule has 0 spiro atoms. The molecule has 0 fully saturated rings. The second kappa shape index (κ2) is 8.71. The lowest BCUT2D eigenvalue weighted by Crippen LogP contribution is -2.25. The Kier molecular flexibility index (Phi) is 7.12. The second-order valence-electron chi connectivity index (χ2n) is 3.76. The zero-order valence-electron chi connectivity index (χ0n) is 10.5. The van der Waals surface area contributed by atoms with Crippen LogP contribution in [0, 0.1) is 0 Å². The highest BCUT2D eigenvalue weighted by Crippen LogP contribution is 2.02. The van der Waals surface area contributed by atoms with Gasteiger partial charge in [-0.1, -0.05) is 6.42 Å². The first kappa shape index (κ1) is 14.7. The number of nitrogen functional groups attached to an aromatic ring is 1. The predicted molar refractivity (Wildman–Crippen MR) is 74.4 cm³/mol. The Bertz CT molecular complexity index is 357. The van der Waals surface area contributed by atoms with Gasteiger partial charge in [-0.25, -0.2) is 5.84 Å². The van der Waals surface area contributed by atoms with Gasteiger partial charge in [0.25, 0.3) is 5.91 Å². The molecule has 1 rings (SSSR count). The fourth-order valence-corrected chi connectivity index (χ4v) is 1.86. The number of nitrogens with two attached hydrogens (primary N) is 1. The number of nitrogens with zero attached hydrogens (tertiary/aromatic N) is 2. The molecule has 1 aromatic rings. The van der Waals surface area contributed by atoms with E-state index in [0.29, 0.717) is 18.1 Å². The van der Waals surface area contributed by atoms with Gasteiger partial charge in [-0.15, -0.1) is 10.2 Å². The molecule has 0 atom stereocenters. The van der Waals surface area contributed by atoms with Crippen molar-refractivity contribution in [3.8, 4) is 0 Å². The summed E-state index contributed by atoms with van der Waals surface area (Å²) in [7, 11) is 0. The third kappa shape index (κ3) is 5.33. The van der Waals surface area contributed by atoms with Crippen molar-refractivity contribution in [2.75, 3.05) is 24.0 Å². The quantitative estimate of drug-likeness (QED) is 0.371. The summed E-state index contributed by atoms with van der Waals surface area (Å²) in [5.74, 6) is 6.57. The van der Waals surface area contributed by atoms with Gasteiger partial charge in [0.05, 0.1) is 0 Å². The summed E-state index contributed by atoms with van der Waals surface area (Å²) in [6.45, 7) is 0.672. The van der Waals surface area contributed by atoms with E-state index in [0.717, 1.165) is 12.8 Å². The standard InChI is InChI=1S/C11H19N5OS/c1-18-8-4-2-3-7-13-11(17)9-5-6-10(14-12)16-15-9/h5-6H,2-4,7-8,12H2,1H3,(H,13,17)(H,14,16). The summed E-state index contributed by atoms with van der Waals surface area (Å²) >= 11 is 1.84. The summed E-state index contributed by atoms with van der Waals surface area (Å²) < 4.78 is 0. The van der Waals surface area contributed by atoms with Crippen LogP contribution in [0.15, 0.2) is 12.1 Å². The van der Waals surface area contributed by atoms with Gasteiger partial charge in [-0.05, 0) is 37.0 Å². The molecule has 1 heterocycles. The number of nitrogens with one attached hydrogen (secondary N) is 2. The number of amides is 1. The molecular weight excluding hydrogens is 250 g/mol. The van der Waals surface area contributed by atoms with Crippen LogP contribution in [0.1, 0.15) is 29.8 Å². The summed E-state index contributed by atoms with van der Waals surface area (Å²) in [4.78, 5) is 11.7. The molecular formula is C11H19N5OS. The van der Waals surface area contributed by atoms with E-state index in [1.54, 1.807) is 12.1 Å². The van der Waals surface area contributed by atoms with E-state index >= 15 is 0 Å². The smallest absolute Gasteiger partial charge is 0.271 e. The molecule has 6 nitrogen and oxygen atoms in total.